The standard InChI is InChI=1S/C24H23F3N2O4/c1-2-28(16-8-10-17(11-9-16)33-24(25,26)27)23(32)15-7-12-21-19(13-15)18-5-3-4-6-20(18)29(21)14-22(30)31/h3-6,8-11,15H,2,7,12-14H2,1H3,(H,30,31). The highest BCUT2D eigenvalue weighted by Crippen LogP contribution is 2.36. The molecule has 1 heterocycles. The second kappa shape index (κ2) is 8.80. The Kier molecular flexibility index (Phi) is 6.05. The summed E-state index contributed by atoms with van der Waals surface area (Å²) in [7, 11) is 0. The third kappa shape index (κ3) is 4.67. The quantitative estimate of drug-likeness (QED) is 0.575. The summed E-state index contributed by atoms with van der Waals surface area (Å²) in [6.07, 6.45) is -3.16. The molecular formula is C24H23F3N2O4. The summed E-state index contributed by atoms with van der Waals surface area (Å²) in [5, 5.41) is 10.3. The molecule has 1 aliphatic carbocycles. The Morgan fingerprint density at radius 3 is 2.48 bits per heavy atom. The molecule has 174 valence electrons. The number of amides is 1. The van der Waals surface area contributed by atoms with Crippen molar-refractivity contribution in [2.75, 3.05) is 11.4 Å². The van der Waals surface area contributed by atoms with Crippen molar-refractivity contribution in [2.24, 2.45) is 5.92 Å². The lowest BCUT2D eigenvalue weighted by molar-refractivity contribution is -0.274. The Balaban J connectivity index is 1.59. The number of anilines is 1. The Labute approximate surface area is 188 Å². The van der Waals surface area contributed by atoms with Crippen molar-refractivity contribution in [3.8, 4) is 5.75 Å². The van der Waals surface area contributed by atoms with Crippen LogP contribution in [0.3, 0.4) is 0 Å². The number of alkyl halides is 3. The number of rotatable bonds is 6. The fourth-order valence-electron chi connectivity index (χ4n) is 4.64. The summed E-state index contributed by atoms with van der Waals surface area (Å²) in [5.74, 6) is -1.69. The smallest absolute Gasteiger partial charge is 0.480 e. The number of halogens is 3. The van der Waals surface area contributed by atoms with Crippen molar-refractivity contribution in [3.63, 3.8) is 0 Å². The minimum absolute atomic E-state index is 0.109. The summed E-state index contributed by atoms with van der Waals surface area (Å²) in [5.41, 5.74) is 3.27. The number of aromatic nitrogens is 1. The zero-order chi connectivity index (χ0) is 23.8. The minimum atomic E-state index is -4.78. The van der Waals surface area contributed by atoms with Crippen LogP contribution in [0.15, 0.2) is 48.5 Å². The van der Waals surface area contributed by atoms with Gasteiger partial charge in [-0.1, -0.05) is 18.2 Å². The number of hydrogen-bond acceptors (Lipinski definition) is 3. The fraction of sp³-hybridized carbons (Fsp3) is 0.333. The summed E-state index contributed by atoms with van der Waals surface area (Å²) < 4.78 is 43.0. The number of carboxylic acids is 1. The van der Waals surface area contributed by atoms with Gasteiger partial charge < -0.3 is 19.3 Å². The Bertz CT molecular complexity index is 1180. The van der Waals surface area contributed by atoms with Crippen LogP contribution in [-0.4, -0.2) is 34.5 Å². The van der Waals surface area contributed by atoms with Crippen molar-refractivity contribution >= 4 is 28.5 Å². The van der Waals surface area contributed by atoms with Gasteiger partial charge in [0.1, 0.15) is 12.3 Å². The number of carbonyl (C=O) groups is 2. The zero-order valence-corrected chi connectivity index (χ0v) is 17.9. The Hall–Kier alpha value is -3.49. The van der Waals surface area contributed by atoms with Crippen LogP contribution in [-0.2, 0) is 29.0 Å². The van der Waals surface area contributed by atoms with E-state index < -0.39 is 12.3 Å². The first-order valence-electron chi connectivity index (χ1n) is 10.7. The molecule has 9 heteroatoms. The van der Waals surface area contributed by atoms with Gasteiger partial charge in [0.25, 0.3) is 0 Å². The van der Waals surface area contributed by atoms with Crippen LogP contribution in [0.4, 0.5) is 18.9 Å². The number of ether oxygens (including phenoxy) is 1. The molecule has 0 aliphatic heterocycles. The number of carboxylic acid groups (broad SMARTS) is 1. The van der Waals surface area contributed by atoms with E-state index in [0.717, 1.165) is 22.2 Å². The van der Waals surface area contributed by atoms with Crippen LogP contribution in [0.5, 0.6) is 5.75 Å². The molecule has 1 aromatic heterocycles. The van der Waals surface area contributed by atoms with E-state index in [9.17, 15) is 27.9 Å². The number of aliphatic carboxylic acids is 1. The molecule has 3 aromatic rings. The van der Waals surface area contributed by atoms with Gasteiger partial charge in [-0.15, -0.1) is 13.2 Å². The molecule has 1 N–H and O–H groups in total. The highest BCUT2D eigenvalue weighted by molar-refractivity contribution is 5.96. The maximum atomic E-state index is 13.4. The van der Waals surface area contributed by atoms with Crippen molar-refractivity contribution < 1.29 is 32.6 Å². The maximum absolute atomic E-state index is 13.4. The first-order valence-corrected chi connectivity index (χ1v) is 10.7. The highest BCUT2D eigenvalue weighted by atomic mass is 19.4. The molecule has 0 radical (unpaired) electrons. The van der Waals surface area contributed by atoms with E-state index in [1.54, 1.807) is 4.90 Å². The summed E-state index contributed by atoms with van der Waals surface area (Å²) in [6, 6.07) is 12.8. The first-order chi connectivity index (χ1) is 15.7. The van der Waals surface area contributed by atoms with Crippen LogP contribution in [0.2, 0.25) is 0 Å². The number of hydrogen-bond donors (Lipinski definition) is 1. The lowest BCUT2D eigenvalue weighted by atomic mass is 9.85. The molecule has 1 unspecified atom stereocenters. The molecule has 0 saturated heterocycles. The van der Waals surface area contributed by atoms with Gasteiger partial charge in [0.05, 0.1) is 0 Å². The summed E-state index contributed by atoms with van der Waals surface area (Å²) in [4.78, 5) is 26.3. The van der Waals surface area contributed by atoms with E-state index in [4.69, 9.17) is 0 Å². The van der Waals surface area contributed by atoms with Gasteiger partial charge in [-0.2, -0.15) is 0 Å². The molecule has 1 atom stereocenters. The molecule has 1 aliphatic rings. The summed E-state index contributed by atoms with van der Waals surface area (Å²) in [6.45, 7) is 2.04. The van der Waals surface area contributed by atoms with Crippen LogP contribution >= 0.6 is 0 Å². The second-order valence-electron chi connectivity index (χ2n) is 7.99. The van der Waals surface area contributed by atoms with Crippen molar-refractivity contribution in [3.05, 3.63) is 59.8 Å². The van der Waals surface area contributed by atoms with E-state index in [1.807, 2.05) is 35.8 Å². The number of benzene rings is 2. The van der Waals surface area contributed by atoms with Crippen LogP contribution in [0.25, 0.3) is 10.9 Å². The number of nitrogens with zero attached hydrogens (tertiary/aromatic N) is 2. The predicted molar refractivity (Wildman–Crippen MR) is 116 cm³/mol. The van der Waals surface area contributed by atoms with Gasteiger partial charge in [0, 0.05) is 34.7 Å². The lowest BCUT2D eigenvalue weighted by Gasteiger charge is -2.29. The molecule has 2 aromatic carbocycles. The average molecular weight is 460 g/mol. The molecule has 33 heavy (non-hydrogen) atoms. The normalized spacial score (nSPS) is 15.8. The van der Waals surface area contributed by atoms with Crippen molar-refractivity contribution in [1.29, 1.82) is 0 Å². The van der Waals surface area contributed by atoms with Gasteiger partial charge in [-0.05, 0) is 62.1 Å². The van der Waals surface area contributed by atoms with Crippen LogP contribution < -0.4 is 9.64 Å². The highest BCUT2D eigenvalue weighted by Gasteiger charge is 2.33. The Morgan fingerprint density at radius 1 is 1.15 bits per heavy atom. The number of fused-ring (bicyclic) bond motifs is 3. The van der Waals surface area contributed by atoms with Gasteiger partial charge in [0.15, 0.2) is 0 Å². The van der Waals surface area contributed by atoms with Gasteiger partial charge in [-0.3, -0.25) is 9.59 Å². The molecule has 0 saturated carbocycles. The third-order valence-corrected chi connectivity index (χ3v) is 5.98. The fourth-order valence-corrected chi connectivity index (χ4v) is 4.64. The zero-order valence-electron chi connectivity index (χ0n) is 17.9. The third-order valence-electron chi connectivity index (χ3n) is 5.98. The van der Waals surface area contributed by atoms with Gasteiger partial charge in [0.2, 0.25) is 5.91 Å². The Morgan fingerprint density at radius 2 is 1.85 bits per heavy atom. The molecule has 4 rings (SSSR count). The molecule has 6 nitrogen and oxygen atoms in total. The van der Waals surface area contributed by atoms with Gasteiger partial charge >= 0.3 is 12.3 Å². The largest absolute Gasteiger partial charge is 0.573 e. The SMILES string of the molecule is CCN(C(=O)C1CCc2c(c3ccccc3n2CC(=O)O)C1)c1ccc(OC(F)(F)F)cc1. The molecule has 0 fully saturated rings. The topological polar surface area (TPSA) is 71.8 Å². The van der Waals surface area contributed by atoms with E-state index in [-0.39, 0.29) is 24.1 Å². The lowest BCUT2D eigenvalue weighted by Crippen LogP contribution is -2.38. The number of carbonyl (C=O) groups excluding carboxylic acids is 1. The monoisotopic (exact) mass is 460 g/mol. The van der Waals surface area contributed by atoms with Gasteiger partial charge in [-0.25, -0.2) is 0 Å². The van der Waals surface area contributed by atoms with E-state index >= 15 is 0 Å². The van der Waals surface area contributed by atoms with E-state index in [2.05, 4.69) is 4.74 Å². The molecular weight excluding hydrogens is 437 g/mol. The van der Waals surface area contributed by atoms with E-state index in [0.29, 0.717) is 31.5 Å². The molecule has 0 bridgehead atoms. The maximum Gasteiger partial charge on any atom is 0.573 e. The summed E-state index contributed by atoms with van der Waals surface area (Å²) >= 11 is 0. The van der Waals surface area contributed by atoms with Crippen molar-refractivity contribution in [2.45, 2.75) is 39.1 Å². The average Bonchev–Trinajstić information content (AvgIpc) is 3.07. The first kappa shape index (κ1) is 22.7. The minimum Gasteiger partial charge on any atom is -0.480 e. The van der Waals surface area contributed by atoms with Crippen LogP contribution in [0, 0.1) is 5.92 Å². The predicted octanol–water partition coefficient (Wildman–Crippen LogP) is 4.78. The van der Waals surface area contributed by atoms with E-state index in [1.165, 1.54) is 24.3 Å². The van der Waals surface area contributed by atoms with Crippen LogP contribution in [0.1, 0.15) is 24.6 Å². The molecule has 0 spiro atoms. The number of para-hydroxylation sites is 1. The second-order valence-corrected chi connectivity index (χ2v) is 7.99. The molecule has 1 amide bonds. The van der Waals surface area contributed by atoms with Crippen molar-refractivity contribution in [1.82, 2.24) is 4.57 Å².